The van der Waals surface area contributed by atoms with E-state index in [2.05, 4.69) is 49.2 Å². The van der Waals surface area contributed by atoms with Gasteiger partial charge < -0.3 is 34.6 Å². The largest absolute Gasteiger partial charge is 0.478 e. The zero-order valence-corrected chi connectivity index (χ0v) is 44.6. The van der Waals surface area contributed by atoms with Gasteiger partial charge in [-0.15, -0.1) is 0 Å². The maximum absolute atomic E-state index is 14.5. The molecule has 8 aliphatic rings. The van der Waals surface area contributed by atoms with Gasteiger partial charge in [0.2, 0.25) is 5.91 Å². The van der Waals surface area contributed by atoms with Crippen LogP contribution in [-0.4, -0.2) is 132 Å². The van der Waals surface area contributed by atoms with E-state index < -0.39 is 36.5 Å². The molecule has 0 aromatic carbocycles. The molecule has 5 aliphatic heterocycles. The highest BCUT2D eigenvalue weighted by atomic mass is 19.1. The maximum Gasteiger partial charge on any atom is 0.407 e. The number of hydrogen-bond donors (Lipinski definition) is 3. The predicted octanol–water partition coefficient (Wildman–Crippen LogP) is 8.99. The first-order valence-electron chi connectivity index (χ1n) is 27.4. The SMILES string of the molecule is CCCN(CC1=NCC(C2C=CC3=C(C2)OC(C2C=CC(F)=CC2)N2C3CC3(C)C/C(=C4\CC(C)CC(C5CCCN5C(=O)C(C(C)C)C(C#N)C(O)OC)=N4)CCC23)CC1)C(O)C(NC(=O)OC)C(C)C. The molecule has 3 N–H and O–H groups in total. The van der Waals surface area contributed by atoms with Crippen LogP contribution in [0.3, 0.4) is 0 Å². The predicted molar refractivity (Wildman–Crippen MR) is 277 cm³/mol. The number of nitrogens with one attached hydrogen (secondary N) is 1. The van der Waals surface area contributed by atoms with Crippen molar-refractivity contribution in [2.45, 2.75) is 175 Å². The van der Waals surface area contributed by atoms with Crippen LogP contribution in [0.15, 0.2) is 68.8 Å². The van der Waals surface area contributed by atoms with Crippen molar-refractivity contribution < 1.29 is 38.4 Å². The summed E-state index contributed by atoms with van der Waals surface area (Å²) in [5.41, 5.74) is 6.00. The molecule has 5 heterocycles. The second-order valence-electron chi connectivity index (χ2n) is 23.4. The molecule has 14 unspecified atom stereocenters. The average molecular weight is 998 g/mol. The Bertz CT molecular complexity index is 2260. The summed E-state index contributed by atoms with van der Waals surface area (Å²) in [5.74, 6) is -0.0119. The minimum atomic E-state index is -1.34. The van der Waals surface area contributed by atoms with Crippen LogP contribution in [0, 0.1) is 64.1 Å². The molecule has 2 amide bonds. The quantitative estimate of drug-likeness (QED) is 0.127. The molecule has 14 atom stereocenters. The van der Waals surface area contributed by atoms with E-state index >= 15 is 0 Å². The Labute approximate surface area is 428 Å². The van der Waals surface area contributed by atoms with Crippen molar-refractivity contribution in [1.82, 2.24) is 20.0 Å². The van der Waals surface area contributed by atoms with Crippen LogP contribution in [0.5, 0.6) is 0 Å². The number of rotatable bonds is 16. The lowest BCUT2D eigenvalue weighted by molar-refractivity contribution is -0.151. The topological polar surface area (TPSA) is 173 Å². The molecule has 0 radical (unpaired) electrons. The highest BCUT2D eigenvalue weighted by Crippen LogP contribution is 2.58. The molecule has 8 rings (SSSR count). The third-order valence-electron chi connectivity index (χ3n) is 17.7. The number of ether oxygens (including phenoxy) is 3. The molecular weight excluding hydrogens is 914 g/mol. The molecule has 3 aliphatic carbocycles. The van der Waals surface area contributed by atoms with Gasteiger partial charge in [0.25, 0.3) is 0 Å². The molecule has 0 bridgehead atoms. The van der Waals surface area contributed by atoms with Gasteiger partial charge in [-0.25, -0.2) is 9.18 Å². The second kappa shape index (κ2) is 23.1. The van der Waals surface area contributed by atoms with Crippen molar-refractivity contribution in [3.63, 3.8) is 0 Å². The fourth-order valence-corrected chi connectivity index (χ4v) is 13.9. The number of hydrogen-bond acceptors (Lipinski definition) is 12. The van der Waals surface area contributed by atoms with E-state index in [9.17, 15) is 29.5 Å². The van der Waals surface area contributed by atoms with Gasteiger partial charge in [-0.2, -0.15) is 5.26 Å². The maximum atomic E-state index is 14.5. The number of aliphatic hydroxyl groups excluding tert-OH is 2. The highest BCUT2D eigenvalue weighted by molar-refractivity contribution is 5.95. The number of aliphatic imine (C=N–C) groups is 2. The van der Waals surface area contributed by atoms with Crippen LogP contribution >= 0.6 is 0 Å². The van der Waals surface area contributed by atoms with E-state index in [4.69, 9.17) is 24.2 Å². The third kappa shape index (κ3) is 11.2. The van der Waals surface area contributed by atoms with Crippen LogP contribution in [0.2, 0.25) is 0 Å². The standard InChI is InChI=1S/C57H84FN7O7/c1-10-23-63(53(67)51(34(4)5)62-56(69)71-9)32-41-20-15-39(31-60-41)37-16-21-42-47-29-57(7)28-38(17-22-49(57)65(47)54(72-48(42)27-37)36-13-18-40(58)19-14-36)44-25-35(6)26-45(61-44)46-12-11-24-64(46)52(66)50(33(2)3)43(30-59)55(68)70-8/h13,16,18-19,21,33-37,39,43,46-47,49-51,53-55,67-68H,10-12,14-15,17,20,22-29,31-32H2,1-9H3,(H,62,69)/b44-38+. The first-order valence-corrected chi connectivity index (χ1v) is 27.4. The number of allylic oxidation sites excluding steroid dienone is 7. The van der Waals surface area contributed by atoms with Crippen LogP contribution in [-0.2, 0) is 19.0 Å². The molecule has 0 spiro atoms. The van der Waals surface area contributed by atoms with Crippen LogP contribution < -0.4 is 5.32 Å². The Morgan fingerprint density at radius 2 is 1.83 bits per heavy atom. The fourth-order valence-electron chi connectivity index (χ4n) is 13.9. The van der Waals surface area contributed by atoms with E-state index in [-0.39, 0.29) is 65.2 Å². The van der Waals surface area contributed by atoms with Gasteiger partial charge in [0.1, 0.15) is 23.7 Å². The number of nitrogens with zero attached hydrogens (tertiary/aromatic N) is 6. The Morgan fingerprint density at radius 1 is 1.06 bits per heavy atom. The summed E-state index contributed by atoms with van der Waals surface area (Å²) >= 11 is 0. The van der Waals surface area contributed by atoms with E-state index in [1.165, 1.54) is 31.1 Å². The summed E-state index contributed by atoms with van der Waals surface area (Å²) in [6.45, 7) is 17.2. The Kier molecular flexibility index (Phi) is 17.4. The van der Waals surface area contributed by atoms with Gasteiger partial charge in [0.05, 0.1) is 31.2 Å². The number of amides is 2. The van der Waals surface area contributed by atoms with Crippen molar-refractivity contribution in [2.75, 3.05) is 40.4 Å². The molecule has 72 heavy (non-hydrogen) atoms. The van der Waals surface area contributed by atoms with Gasteiger partial charge in [-0.1, -0.05) is 66.7 Å². The van der Waals surface area contributed by atoms with Gasteiger partial charge in [-0.3, -0.25) is 24.6 Å². The molecule has 0 aromatic heterocycles. The molecule has 0 aromatic rings. The molecular formula is C57H84FN7O7. The van der Waals surface area contributed by atoms with Gasteiger partial charge in [0.15, 0.2) is 12.5 Å². The van der Waals surface area contributed by atoms with E-state index in [0.29, 0.717) is 44.4 Å². The molecule has 3 fully saturated rings. The number of carbonyl (C=O) groups is 2. The lowest BCUT2D eigenvalue weighted by atomic mass is 9.68. The van der Waals surface area contributed by atoms with Crippen molar-refractivity contribution in [3.05, 3.63) is 58.8 Å². The lowest BCUT2D eigenvalue weighted by Crippen LogP contribution is -2.55. The summed E-state index contributed by atoms with van der Waals surface area (Å²) in [6.07, 6.45) is 18.5. The number of alkyl carbamates (subject to hydrolysis) is 1. The molecule has 14 nitrogen and oxygen atoms in total. The number of fused-ring (bicyclic) bond motifs is 4. The fraction of sp³-hybridized carbons (Fsp3) is 0.737. The second-order valence-corrected chi connectivity index (χ2v) is 23.4. The Morgan fingerprint density at radius 3 is 2.49 bits per heavy atom. The normalized spacial score (nSPS) is 33.8. The number of likely N-dealkylation sites (tertiary alicyclic amines) is 1. The number of nitriles is 1. The molecule has 396 valence electrons. The van der Waals surface area contributed by atoms with Crippen molar-refractivity contribution in [2.24, 2.45) is 62.7 Å². The zero-order valence-electron chi connectivity index (χ0n) is 44.6. The smallest absolute Gasteiger partial charge is 0.407 e. The van der Waals surface area contributed by atoms with Gasteiger partial charge >= 0.3 is 6.09 Å². The number of aliphatic hydroxyl groups is 2. The van der Waals surface area contributed by atoms with E-state index in [1.54, 1.807) is 12.2 Å². The van der Waals surface area contributed by atoms with Crippen molar-refractivity contribution in [3.8, 4) is 6.07 Å². The van der Waals surface area contributed by atoms with E-state index in [0.717, 1.165) is 94.2 Å². The van der Waals surface area contributed by atoms with Gasteiger partial charge in [-0.05, 0) is 130 Å². The summed E-state index contributed by atoms with van der Waals surface area (Å²) in [5, 5.41) is 35.0. The minimum absolute atomic E-state index is 0.00214. The highest BCUT2D eigenvalue weighted by Gasteiger charge is 2.58. The summed E-state index contributed by atoms with van der Waals surface area (Å²) < 4.78 is 31.8. The van der Waals surface area contributed by atoms with Crippen molar-refractivity contribution in [1.29, 1.82) is 5.26 Å². The summed E-state index contributed by atoms with van der Waals surface area (Å²) in [7, 11) is 2.70. The first-order chi connectivity index (χ1) is 34.5. The van der Waals surface area contributed by atoms with Crippen LogP contribution in [0.1, 0.15) is 132 Å². The lowest BCUT2D eigenvalue weighted by Gasteiger charge is -2.49. The summed E-state index contributed by atoms with van der Waals surface area (Å²) in [4.78, 5) is 43.9. The average Bonchev–Trinajstić information content (AvgIpc) is 3.99. The molecule has 2 saturated heterocycles. The Hall–Kier alpha value is -4.20. The van der Waals surface area contributed by atoms with Crippen LogP contribution in [0.25, 0.3) is 0 Å². The van der Waals surface area contributed by atoms with E-state index in [1.807, 2.05) is 43.6 Å². The number of halogens is 1. The number of methoxy groups -OCH3 is 2. The third-order valence-corrected chi connectivity index (χ3v) is 17.7. The first kappa shape index (κ1) is 54.1. The summed E-state index contributed by atoms with van der Waals surface area (Å²) in [6, 6.07) is 2.03. The van der Waals surface area contributed by atoms with Crippen LogP contribution in [0.4, 0.5) is 9.18 Å². The monoisotopic (exact) mass is 998 g/mol. The van der Waals surface area contributed by atoms with Gasteiger partial charge in [0, 0.05) is 80.4 Å². The Balaban J connectivity index is 0.998. The van der Waals surface area contributed by atoms with Crippen molar-refractivity contribution >= 4 is 23.4 Å². The molecule has 15 heteroatoms. The molecule has 1 saturated carbocycles. The number of carbonyl (C=O) groups excluding carboxylic acids is 2. The minimum Gasteiger partial charge on any atom is -0.478 e. The zero-order chi connectivity index (χ0) is 51.6.